The van der Waals surface area contributed by atoms with Crippen LogP contribution in [-0.2, 0) is 9.84 Å². The lowest BCUT2D eigenvalue weighted by atomic mass is 9.99. The molecule has 1 aromatic carbocycles. The molecule has 0 unspecified atom stereocenters. The summed E-state index contributed by atoms with van der Waals surface area (Å²) in [4.78, 5) is 0. The van der Waals surface area contributed by atoms with Crippen LogP contribution >= 0.6 is 0 Å². The minimum Gasteiger partial charge on any atom is -0.330 e. The summed E-state index contributed by atoms with van der Waals surface area (Å²) >= 11 is 0. The number of sulfone groups is 1. The maximum atomic E-state index is 11.9. The molecule has 1 aliphatic rings. The molecule has 0 aromatic heterocycles. The van der Waals surface area contributed by atoms with Crippen molar-refractivity contribution < 1.29 is 8.42 Å². The van der Waals surface area contributed by atoms with Crippen LogP contribution in [0.2, 0.25) is 0 Å². The first-order chi connectivity index (χ1) is 8.36. The maximum absolute atomic E-state index is 11.9. The van der Waals surface area contributed by atoms with Gasteiger partial charge in [0.2, 0.25) is 0 Å². The van der Waals surface area contributed by atoms with Crippen LogP contribution < -0.4 is 11.5 Å². The largest absolute Gasteiger partial charge is 0.330 e. The molecule has 1 aliphatic carbocycles. The topological polar surface area (TPSA) is 86.2 Å². The van der Waals surface area contributed by atoms with Gasteiger partial charge in [0.15, 0.2) is 9.84 Å². The predicted molar refractivity (Wildman–Crippen MR) is 73.1 cm³/mol. The van der Waals surface area contributed by atoms with Crippen molar-refractivity contribution in [2.24, 2.45) is 16.9 Å². The lowest BCUT2D eigenvalue weighted by Gasteiger charge is -2.12. The average molecular weight is 268 g/mol. The van der Waals surface area contributed by atoms with E-state index in [0.717, 1.165) is 11.1 Å². The van der Waals surface area contributed by atoms with Gasteiger partial charge in [-0.15, -0.1) is 0 Å². The van der Waals surface area contributed by atoms with E-state index >= 15 is 0 Å². The Bertz CT molecular complexity index is 533. The number of aryl methyl sites for hydroxylation is 1. The first-order valence-electron chi connectivity index (χ1n) is 6.02. The van der Waals surface area contributed by atoms with Gasteiger partial charge >= 0.3 is 0 Å². The van der Waals surface area contributed by atoms with Crippen molar-refractivity contribution in [3.05, 3.63) is 35.4 Å². The molecule has 100 valence electrons. The fraction of sp³-hybridized carbons (Fsp3) is 0.538. The van der Waals surface area contributed by atoms with Crippen molar-refractivity contribution in [3.8, 4) is 0 Å². The standard InChI is InChI=1S/C13H20N2O2S/c1-9-3-5-10(6-4-9)11-12(18(2,16)17)13(11,7-14)8-15/h3-6,11-12H,7-8,14-15H2,1-2H3/t11-,12+/m1/s1. The summed E-state index contributed by atoms with van der Waals surface area (Å²) in [5.74, 6) is -0.0666. The maximum Gasteiger partial charge on any atom is 0.151 e. The van der Waals surface area contributed by atoms with Gasteiger partial charge in [-0.25, -0.2) is 8.42 Å². The van der Waals surface area contributed by atoms with E-state index in [1.807, 2.05) is 31.2 Å². The number of benzene rings is 1. The van der Waals surface area contributed by atoms with Crippen molar-refractivity contribution in [3.63, 3.8) is 0 Å². The molecule has 0 saturated heterocycles. The van der Waals surface area contributed by atoms with E-state index in [0.29, 0.717) is 13.1 Å². The highest BCUT2D eigenvalue weighted by atomic mass is 32.2. The molecule has 1 aromatic rings. The highest BCUT2D eigenvalue weighted by molar-refractivity contribution is 7.91. The van der Waals surface area contributed by atoms with Crippen LogP contribution in [0.15, 0.2) is 24.3 Å². The molecule has 4 nitrogen and oxygen atoms in total. The van der Waals surface area contributed by atoms with Gasteiger partial charge in [0.05, 0.1) is 5.25 Å². The van der Waals surface area contributed by atoms with Crippen LogP contribution in [0.4, 0.5) is 0 Å². The second-order valence-electron chi connectivity index (χ2n) is 5.28. The average Bonchev–Trinajstić information content (AvgIpc) is 3.00. The molecule has 0 heterocycles. The molecule has 18 heavy (non-hydrogen) atoms. The Hall–Kier alpha value is -0.910. The van der Waals surface area contributed by atoms with Gasteiger partial charge < -0.3 is 11.5 Å². The highest BCUT2D eigenvalue weighted by Gasteiger charge is 2.68. The van der Waals surface area contributed by atoms with Gasteiger partial charge in [0, 0.05) is 30.7 Å². The third-order valence-corrected chi connectivity index (χ3v) is 5.70. The third kappa shape index (κ3) is 1.96. The zero-order valence-electron chi connectivity index (χ0n) is 10.8. The van der Waals surface area contributed by atoms with E-state index in [9.17, 15) is 8.42 Å². The molecule has 2 rings (SSSR count). The summed E-state index contributed by atoms with van der Waals surface area (Å²) in [5.41, 5.74) is 13.3. The fourth-order valence-electron chi connectivity index (χ4n) is 2.98. The minimum absolute atomic E-state index is 0.0666. The lowest BCUT2D eigenvalue weighted by Crippen LogP contribution is -2.31. The SMILES string of the molecule is Cc1ccc([C@@H]2[C@H](S(C)(=O)=O)C2(CN)CN)cc1. The summed E-state index contributed by atoms with van der Waals surface area (Å²) in [5, 5.41) is -0.442. The van der Waals surface area contributed by atoms with Crippen molar-refractivity contribution in [2.45, 2.75) is 18.1 Å². The van der Waals surface area contributed by atoms with Crippen LogP contribution in [0, 0.1) is 12.3 Å². The van der Waals surface area contributed by atoms with E-state index in [2.05, 4.69) is 0 Å². The van der Waals surface area contributed by atoms with Crippen molar-refractivity contribution in [1.29, 1.82) is 0 Å². The lowest BCUT2D eigenvalue weighted by molar-refractivity contribution is 0.511. The Morgan fingerprint density at radius 2 is 1.67 bits per heavy atom. The van der Waals surface area contributed by atoms with E-state index in [1.54, 1.807) is 0 Å². The second-order valence-corrected chi connectivity index (χ2v) is 7.45. The first-order valence-corrected chi connectivity index (χ1v) is 7.98. The van der Waals surface area contributed by atoms with E-state index in [1.165, 1.54) is 6.26 Å². The number of hydrogen-bond acceptors (Lipinski definition) is 4. The van der Waals surface area contributed by atoms with Crippen LogP contribution in [-0.4, -0.2) is 33.0 Å². The van der Waals surface area contributed by atoms with Crippen LogP contribution in [0.25, 0.3) is 0 Å². The minimum atomic E-state index is -3.13. The van der Waals surface area contributed by atoms with Gasteiger partial charge in [-0.1, -0.05) is 29.8 Å². The van der Waals surface area contributed by atoms with E-state index in [4.69, 9.17) is 11.5 Å². The van der Waals surface area contributed by atoms with E-state index in [-0.39, 0.29) is 5.92 Å². The predicted octanol–water partition coefficient (Wildman–Crippen LogP) is 0.409. The zero-order valence-corrected chi connectivity index (χ0v) is 11.6. The number of rotatable bonds is 4. The van der Waals surface area contributed by atoms with Crippen molar-refractivity contribution in [1.82, 2.24) is 0 Å². The van der Waals surface area contributed by atoms with Crippen LogP contribution in [0.3, 0.4) is 0 Å². The van der Waals surface area contributed by atoms with Gasteiger partial charge in [0.1, 0.15) is 0 Å². The smallest absolute Gasteiger partial charge is 0.151 e. The Balaban J connectivity index is 2.41. The van der Waals surface area contributed by atoms with Gasteiger partial charge in [0.25, 0.3) is 0 Å². The molecular weight excluding hydrogens is 248 g/mol. The molecular formula is C13H20N2O2S. The highest BCUT2D eigenvalue weighted by Crippen LogP contribution is 2.61. The van der Waals surface area contributed by atoms with Crippen molar-refractivity contribution in [2.75, 3.05) is 19.3 Å². The molecule has 5 heteroatoms. The van der Waals surface area contributed by atoms with Crippen molar-refractivity contribution >= 4 is 9.84 Å². The summed E-state index contributed by atoms with van der Waals surface area (Å²) in [6.45, 7) is 2.61. The summed E-state index contributed by atoms with van der Waals surface area (Å²) in [6.07, 6.45) is 1.27. The summed E-state index contributed by atoms with van der Waals surface area (Å²) in [7, 11) is -3.13. The van der Waals surface area contributed by atoms with Crippen LogP contribution in [0.1, 0.15) is 17.0 Å². The molecule has 4 N–H and O–H groups in total. The van der Waals surface area contributed by atoms with Gasteiger partial charge in [-0.2, -0.15) is 0 Å². The van der Waals surface area contributed by atoms with Gasteiger partial charge in [-0.05, 0) is 12.5 Å². The Kier molecular flexibility index (Phi) is 3.25. The third-order valence-electron chi connectivity index (χ3n) is 4.04. The second kappa shape index (κ2) is 4.33. The van der Waals surface area contributed by atoms with Crippen LogP contribution in [0.5, 0.6) is 0 Å². The van der Waals surface area contributed by atoms with E-state index < -0.39 is 20.5 Å². The first kappa shape index (κ1) is 13.5. The molecule has 0 bridgehead atoms. The number of hydrogen-bond donors (Lipinski definition) is 2. The Labute approximate surface area is 108 Å². The number of nitrogens with two attached hydrogens (primary N) is 2. The Morgan fingerprint density at radius 1 is 1.17 bits per heavy atom. The zero-order chi connectivity index (χ0) is 13.6. The quantitative estimate of drug-likeness (QED) is 0.828. The monoisotopic (exact) mass is 268 g/mol. The molecule has 0 amide bonds. The molecule has 1 fully saturated rings. The fourth-order valence-corrected chi connectivity index (χ4v) is 5.01. The molecule has 0 spiro atoms. The van der Waals surface area contributed by atoms with Gasteiger partial charge in [-0.3, -0.25) is 0 Å². The molecule has 1 saturated carbocycles. The summed E-state index contributed by atoms with van der Waals surface area (Å²) < 4.78 is 23.7. The molecule has 2 atom stereocenters. The Morgan fingerprint density at radius 3 is 2.00 bits per heavy atom. The summed E-state index contributed by atoms with van der Waals surface area (Å²) in [6, 6.07) is 7.94. The normalized spacial score (nSPS) is 26.0. The molecule has 0 radical (unpaired) electrons. The molecule has 0 aliphatic heterocycles.